The number of aliphatic imine (C=N–C) groups is 2. The second kappa shape index (κ2) is 6.95. The Kier molecular flexibility index (Phi) is 6.22. The molecule has 0 atom stereocenters. The molecule has 0 spiro atoms. The summed E-state index contributed by atoms with van der Waals surface area (Å²) in [6.45, 7) is 6.42. The van der Waals surface area contributed by atoms with Crippen molar-refractivity contribution in [2.45, 2.75) is 6.92 Å². The fourth-order valence-electron chi connectivity index (χ4n) is 0.508. The highest BCUT2D eigenvalue weighted by Crippen LogP contribution is 1.76. The third-order valence-corrected chi connectivity index (χ3v) is 0.873. The van der Waals surface area contributed by atoms with E-state index in [1.807, 2.05) is 6.92 Å². The van der Waals surface area contributed by atoms with Crippen LogP contribution in [-0.2, 0) is 0 Å². The number of nitrogens with two attached hydrogens (primary N) is 1. The van der Waals surface area contributed by atoms with Gasteiger partial charge in [0.15, 0.2) is 0 Å². The van der Waals surface area contributed by atoms with Gasteiger partial charge >= 0.3 is 0 Å². The Morgan fingerprint density at radius 2 is 2.45 bits per heavy atom. The Balaban J connectivity index is 3.95. The van der Waals surface area contributed by atoms with E-state index in [0.29, 0.717) is 19.0 Å². The van der Waals surface area contributed by atoms with E-state index in [2.05, 4.69) is 21.9 Å². The van der Waals surface area contributed by atoms with Gasteiger partial charge in [0.1, 0.15) is 0 Å². The number of nitrogens with one attached hydrogen (secondary N) is 1. The van der Waals surface area contributed by atoms with Crippen molar-refractivity contribution < 1.29 is 0 Å². The van der Waals surface area contributed by atoms with Gasteiger partial charge in [-0.05, 0) is 13.1 Å². The summed E-state index contributed by atoms with van der Waals surface area (Å²) in [4.78, 5) is 7.97. The van der Waals surface area contributed by atoms with Gasteiger partial charge in [-0.1, -0.05) is 6.58 Å². The first kappa shape index (κ1) is 9.84. The number of hydrogen-bond acceptors (Lipinski definition) is 2. The van der Waals surface area contributed by atoms with Crippen LogP contribution in [0, 0.1) is 0 Å². The predicted molar refractivity (Wildman–Crippen MR) is 48.9 cm³/mol. The van der Waals surface area contributed by atoms with Gasteiger partial charge < -0.3 is 11.1 Å². The summed E-state index contributed by atoms with van der Waals surface area (Å²) in [7, 11) is 0. The van der Waals surface area contributed by atoms with E-state index in [1.165, 1.54) is 6.20 Å². The van der Waals surface area contributed by atoms with Gasteiger partial charge in [-0.3, -0.25) is 0 Å². The average Bonchev–Trinajstić information content (AvgIpc) is 2.01. The highest BCUT2D eigenvalue weighted by molar-refractivity contribution is 5.87. The van der Waals surface area contributed by atoms with Gasteiger partial charge in [0, 0.05) is 12.8 Å². The summed E-state index contributed by atoms with van der Waals surface area (Å²) < 4.78 is 0. The molecule has 3 N–H and O–H groups in total. The minimum absolute atomic E-state index is 0.529. The molecule has 11 heavy (non-hydrogen) atoms. The first-order valence-corrected chi connectivity index (χ1v) is 3.45. The summed E-state index contributed by atoms with van der Waals surface area (Å²) in [5, 5.41) is 2.78. The Bertz CT molecular complexity index is 160. The van der Waals surface area contributed by atoms with Crippen LogP contribution in [0.3, 0.4) is 0 Å². The molecular formula is C7H14N4. The average molecular weight is 154 g/mol. The lowest BCUT2D eigenvalue weighted by atomic mass is 10.7. The van der Waals surface area contributed by atoms with Crippen molar-refractivity contribution in [1.82, 2.24) is 5.32 Å². The van der Waals surface area contributed by atoms with Crippen molar-refractivity contribution in [3.05, 3.63) is 12.8 Å². The van der Waals surface area contributed by atoms with Crippen LogP contribution < -0.4 is 11.1 Å². The van der Waals surface area contributed by atoms with Crippen molar-refractivity contribution in [2.75, 3.05) is 13.1 Å². The maximum absolute atomic E-state index is 5.26. The third-order valence-electron chi connectivity index (χ3n) is 0.873. The van der Waals surface area contributed by atoms with E-state index in [4.69, 9.17) is 5.73 Å². The molecule has 0 aromatic rings. The molecule has 0 aromatic carbocycles. The normalized spacial score (nSPS) is 12.0. The summed E-state index contributed by atoms with van der Waals surface area (Å²) >= 11 is 0. The Hall–Kier alpha value is -1.16. The molecule has 0 saturated carbocycles. The molecule has 0 aliphatic heterocycles. The molecule has 0 aliphatic carbocycles. The zero-order valence-corrected chi connectivity index (χ0v) is 6.75. The molecule has 0 aromatic heterocycles. The number of rotatable bonds is 3. The summed E-state index contributed by atoms with van der Waals surface area (Å²) in [6.07, 6.45) is 3.19. The largest absolute Gasteiger partial charge is 0.332 e. The molecule has 0 saturated heterocycles. The molecular weight excluding hydrogens is 140 g/mol. The zero-order chi connectivity index (χ0) is 8.53. The highest BCUT2D eigenvalue weighted by Gasteiger charge is 1.87. The number of nitrogens with zero attached hydrogens (tertiary/aromatic N) is 2. The van der Waals surface area contributed by atoms with Crippen LogP contribution in [0.25, 0.3) is 0 Å². The second-order valence-electron chi connectivity index (χ2n) is 1.73. The van der Waals surface area contributed by atoms with E-state index >= 15 is 0 Å². The highest BCUT2D eigenvalue weighted by atomic mass is 15.1. The Morgan fingerprint density at radius 1 is 1.73 bits per heavy atom. The van der Waals surface area contributed by atoms with Crippen LogP contribution >= 0.6 is 0 Å². The molecule has 0 heterocycles. The molecule has 62 valence electrons. The lowest BCUT2D eigenvalue weighted by Crippen LogP contribution is -2.16. The minimum Gasteiger partial charge on any atom is -0.332 e. The van der Waals surface area contributed by atoms with Crippen molar-refractivity contribution in [3.63, 3.8) is 0 Å². The molecule has 0 radical (unpaired) electrons. The van der Waals surface area contributed by atoms with Gasteiger partial charge in [-0.15, -0.1) is 0 Å². The first-order chi connectivity index (χ1) is 5.35. The van der Waals surface area contributed by atoms with Gasteiger partial charge in [0.2, 0.25) is 5.96 Å². The van der Waals surface area contributed by atoms with Crippen LogP contribution in [0.15, 0.2) is 22.8 Å². The number of guanidine groups is 1. The minimum atomic E-state index is 0.529. The van der Waals surface area contributed by atoms with Crippen molar-refractivity contribution in [2.24, 2.45) is 15.7 Å². The lowest BCUT2D eigenvalue weighted by Gasteiger charge is -1.97. The van der Waals surface area contributed by atoms with Crippen LogP contribution in [0.5, 0.6) is 0 Å². The quantitative estimate of drug-likeness (QED) is 0.448. The maximum Gasteiger partial charge on any atom is 0.221 e. The van der Waals surface area contributed by atoms with Crippen LogP contribution in [0.1, 0.15) is 6.92 Å². The van der Waals surface area contributed by atoms with Crippen molar-refractivity contribution in [3.8, 4) is 0 Å². The fraction of sp³-hybridized carbons (Fsp3) is 0.429. The van der Waals surface area contributed by atoms with Crippen LogP contribution in [0.2, 0.25) is 0 Å². The zero-order valence-electron chi connectivity index (χ0n) is 6.75. The fourth-order valence-corrected chi connectivity index (χ4v) is 0.508. The van der Waals surface area contributed by atoms with Crippen LogP contribution in [-0.4, -0.2) is 25.3 Å². The van der Waals surface area contributed by atoms with E-state index < -0.39 is 0 Å². The summed E-state index contributed by atoms with van der Waals surface area (Å²) in [5.74, 6) is 0.549. The maximum atomic E-state index is 5.26. The van der Waals surface area contributed by atoms with Gasteiger partial charge in [-0.25, -0.2) is 9.98 Å². The van der Waals surface area contributed by atoms with Crippen molar-refractivity contribution in [1.29, 1.82) is 0 Å². The molecule has 0 fully saturated rings. The third kappa shape index (κ3) is 5.29. The second-order valence-corrected chi connectivity index (χ2v) is 1.73. The summed E-state index contributed by atoms with van der Waals surface area (Å²) in [5.41, 5.74) is 5.26. The smallest absolute Gasteiger partial charge is 0.221 e. The monoisotopic (exact) mass is 154 g/mol. The molecule has 0 bridgehead atoms. The Morgan fingerprint density at radius 3 is 2.91 bits per heavy atom. The van der Waals surface area contributed by atoms with Crippen molar-refractivity contribution >= 4 is 12.2 Å². The van der Waals surface area contributed by atoms with Crippen LogP contribution in [0.4, 0.5) is 0 Å². The molecule has 0 unspecified atom stereocenters. The van der Waals surface area contributed by atoms with Gasteiger partial charge in [0.05, 0.1) is 6.54 Å². The van der Waals surface area contributed by atoms with E-state index in [-0.39, 0.29) is 0 Å². The summed E-state index contributed by atoms with van der Waals surface area (Å²) in [6, 6.07) is 0. The Labute approximate surface area is 66.9 Å². The topological polar surface area (TPSA) is 62.8 Å². The molecule has 0 amide bonds. The predicted octanol–water partition coefficient (Wildman–Crippen LogP) is 0.125. The number of hydrogen-bond donors (Lipinski definition) is 2. The van der Waals surface area contributed by atoms with Gasteiger partial charge in [-0.2, -0.15) is 0 Å². The van der Waals surface area contributed by atoms with E-state index in [1.54, 1.807) is 6.21 Å². The first-order valence-electron chi connectivity index (χ1n) is 3.45. The van der Waals surface area contributed by atoms with Gasteiger partial charge in [0.25, 0.3) is 0 Å². The van der Waals surface area contributed by atoms with E-state index in [9.17, 15) is 0 Å². The molecule has 4 nitrogen and oxygen atoms in total. The molecule has 0 rings (SSSR count). The molecule has 4 heteroatoms. The SMILES string of the molecule is C=CNC(N=CC)=NCCN. The van der Waals surface area contributed by atoms with E-state index in [0.717, 1.165) is 0 Å². The molecule has 0 aliphatic rings. The standard InChI is InChI=1S/C7H14N4/c1-3-9-7(10-4-2)11-6-5-8/h3-4H,1,5-6,8H2,2H3,(H,9,11). The lowest BCUT2D eigenvalue weighted by molar-refractivity contribution is 0.960.